The molecule has 1 atom stereocenters. The van der Waals surface area contributed by atoms with Crippen molar-refractivity contribution >= 4 is 16.9 Å². The van der Waals surface area contributed by atoms with Crippen molar-refractivity contribution in [2.24, 2.45) is 5.84 Å². The van der Waals surface area contributed by atoms with E-state index in [2.05, 4.69) is 15.7 Å². The molecular formula is C9H11N5O. The van der Waals surface area contributed by atoms with Crippen molar-refractivity contribution in [3.05, 3.63) is 24.3 Å². The summed E-state index contributed by atoms with van der Waals surface area (Å²) in [6.45, 7) is 1.71. The fourth-order valence-corrected chi connectivity index (χ4v) is 1.40. The van der Waals surface area contributed by atoms with Crippen molar-refractivity contribution in [1.82, 2.24) is 20.4 Å². The number of carbonyl (C=O) groups is 1. The highest BCUT2D eigenvalue weighted by atomic mass is 16.2. The molecule has 0 saturated heterocycles. The molecule has 3 N–H and O–H groups in total. The molecular weight excluding hydrogens is 194 g/mol. The molecule has 0 aliphatic carbocycles. The van der Waals surface area contributed by atoms with Gasteiger partial charge < -0.3 is 0 Å². The van der Waals surface area contributed by atoms with Crippen LogP contribution in [-0.4, -0.2) is 20.9 Å². The minimum Gasteiger partial charge on any atom is -0.292 e. The molecule has 6 heteroatoms. The SMILES string of the molecule is CC(C(=O)NN)n1nnc2ccccc21. The van der Waals surface area contributed by atoms with E-state index in [1.54, 1.807) is 6.92 Å². The number of hydrazine groups is 1. The predicted octanol–water partition coefficient (Wildman–Crippen LogP) is -0.0178. The molecule has 78 valence electrons. The van der Waals surface area contributed by atoms with Crippen molar-refractivity contribution in [2.45, 2.75) is 13.0 Å². The maximum Gasteiger partial charge on any atom is 0.258 e. The number of para-hydroxylation sites is 1. The second-order valence-corrected chi connectivity index (χ2v) is 3.21. The number of amides is 1. The van der Waals surface area contributed by atoms with Gasteiger partial charge in [-0.3, -0.25) is 10.2 Å². The largest absolute Gasteiger partial charge is 0.292 e. The van der Waals surface area contributed by atoms with Gasteiger partial charge in [0, 0.05) is 0 Å². The van der Waals surface area contributed by atoms with Crippen molar-refractivity contribution < 1.29 is 4.79 Å². The zero-order chi connectivity index (χ0) is 10.8. The minimum atomic E-state index is -0.470. The van der Waals surface area contributed by atoms with E-state index >= 15 is 0 Å². The third-order valence-electron chi connectivity index (χ3n) is 2.27. The lowest BCUT2D eigenvalue weighted by molar-refractivity contribution is -0.124. The number of hydrogen-bond donors (Lipinski definition) is 2. The van der Waals surface area contributed by atoms with Gasteiger partial charge in [-0.15, -0.1) is 5.10 Å². The van der Waals surface area contributed by atoms with Crippen LogP contribution in [0.3, 0.4) is 0 Å². The first kappa shape index (κ1) is 9.60. The summed E-state index contributed by atoms with van der Waals surface area (Å²) < 4.78 is 1.54. The third kappa shape index (κ3) is 1.55. The van der Waals surface area contributed by atoms with Crippen LogP contribution >= 0.6 is 0 Å². The van der Waals surface area contributed by atoms with Gasteiger partial charge in [-0.1, -0.05) is 17.3 Å². The molecule has 0 fully saturated rings. The van der Waals surface area contributed by atoms with Gasteiger partial charge in [0.15, 0.2) is 0 Å². The molecule has 1 heterocycles. The highest BCUT2D eigenvalue weighted by Crippen LogP contribution is 2.14. The molecule has 0 aliphatic heterocycles. The molecule has 0 aliphatic rings. The molecule has 15 heavy (non-hydrogen) atoms. The molecule has 0 radical (unpaired) electrons. The van der Waals surface area contributed by atoms with E-state index < -0.39 is 6.04 Å². The van der Waals surface area contributed by atoms with Crippen LogP contribution in [0.5, 0.6) is 0 Å². The van der Waals surface area contributed by atoms with E-state index in [0.29, 0.717) is 0 Å². The monoisotopic (exact) mass is 205 g/mol. The van der Waals surface area contributed by atoms with E-state index in [1.165, 1.54) is 4.68 Å². The lowest BCUT2D eigenvalue weighted by Gasteiger charge is -2.09. The molecule has 0 spiro atoms. The summed E-state index contributed by atoms with van der Waals surface area (Å²) in [6.07, 6.45) is 0. The van der Waals surface area contributed by atoms with Crippen molar-refractivity contribution in [3.63, 3.8) is 0 Å². The Labute approximate surface area is 86.0 Å². The summed E-state index contributed by atoms with van der Waals surface area (Å²) in [5, 5.41) is 7.86. The fourth-order valence-electron chi connectivity index (χ4n) is 1.40. The number of nitrogens with zero attached hydrogens (tertiary/aromatic N) is 3. The van der Waals surface area contributed by atoms with Gasteiger partial charge >= 0.3 is 0 Å². The van der Waals surface area contributed by atoms with Gasteiger partial charge in [0.05, 0.1) is 5.52 Å². The number of rotatable bonds is 2. The van der Waals surface area contributed by atoms with Gasteiger partial charge in [-0.25, -0.2) is 10.5 Å². The Morgan fingerprint density at radius 3 is 3.00 bits per heavy atom. The Balaban J connectivity index is 2.48. The molecule has 1 aromatic heterocycles. The zero-order valence-electron chi connectivity index (χ0n) is 8.21. The Morgan fingerprint density at radius 1 is 1.53 bits per heavy atom. The fraction of sp³-hybridized carbons (Fsp3) is 0.222. The number of fused-ring (bicyclic) bond motifs is 1. The Hall–Kier alpha value is -1.95. The number of carbonyl (C=O) groups excluding carboxylic acids is 1. The van der Waals surface area contributed by atoms with Crippen LogP contribution in [0.4, 0.5) is 0 Å². The first-order valence-corrected chi connectivity index (χ1v) is 4.54. The van der Waals surface area contributed by atoms with Crippen LogP contribution in [-0.2, 0) is 4.79 Å². The summed E-state index contributed by atoms with van der Waals surface area (Å²) in [7, 11) is 0. The van der Waals surface area contributed by atoms with Gasteiger partial charge in [-0.2, -0.15) is 0 Å². The van der Waals surface area contributed by atoms with E-state index in [0.717, 1.165) is 11.0 Å². The summed E-state index contributed by atoms with van der Waals surface area (Å²) in [5.41, 5.74) is 3.66. The average Bonchev–Trinajstić information content (AvgIpc) is 2.70. The van der Waals surface area contributed by atoms with Gasteiger partial charge in [0.1, 0.15) is 11.6 Å². The molecule has 0 saturated carbocycles. The molecule has 6 nitrogen and oxygen atoms in total. The Morgan fingerprint density at radius 2 is 2.27 bits per heavy atom. The number of nitrogens with two attached hydrogens (primary N) is 1. The van der Waals surface area contributed by atoms with E-state index in [-0.39, 0.29) is 5.91 Å². The zero-order valence-corrected chi connectivity index (χ0v) is 8.21. The summed E-state index contributed by atoms with van der Waals surface area (Å²) in [5.74, 6) is 4.76. The van der Waals surface area contributed by atoms with Crippen LogP contribution in [0.15, 0.2) is 24.3 Å². The minimum absolute atomic E-state index is 0.300. The van der Waals surface area contributed by atoms with E-state index in [1.807, 2.05) is 24.3 Å². The maximum atomic E-state index is 11.3. The quantitative estimate of drug-likeness (QED) is 0.410. The highest BCUT2D eigenvalue weighted by Gasteiger charge is 2.17. The first-order chi connectivity index (χ1) is 7.24. The molecule has 1 amide bonds. The maximum absolute atomic E-state index is 11.3. The van der Waals surface area contributed by atoms with Gasteiger partial charge in [-0.05, 0) is 19.1 Å². The second kappa shape index (κ2) is 3.66. The van der Waals surface area contributed by atoms with Crippen LogP contribution in [0.1, 0.15) is 13.0 Å². The predicted molar refractivity (Wildman–Crippen MR) is 54.6 cm³/mol. The number of aromatic nitrogens is 3. The Kier molecular flexibility index (Phi) is 2.34. The van der Waals surface area contributed by atoms with Crippen molar-refractivity contribution in [2.75, 3.05) is 0 Å². The number of hydrogen-bond acceptors (Lipinski definition) is 4. The summed E-state index contributed by atoms with van der Waals surface area (Å²) in [4.78, 5) is 11.3. The summed E-state index contributed by atoms with van der Waals surface area (Å²) in [6, 6.07) is 6.97. The normalized spacial score (nSPS) is 12.7. The standard InChI is InChI=1S/C9H11N5O/c1-6(9(15)11-10)14-8-5-3-2-4-7(8)12-13-14/h2-6H,10H2,1H3,(H,11,15). The first-order valence-electron chi connectivity index (χ1n) is 4.54. The molecule has 0 bridgehead atoms. The molecule has 1 aromatic carbocycles. The third-order valence-corrected chi connectivity index (χ3v) is 2.27. The van der Waals surface area contributed by atoms with Gasteiger partial charge in [0.2, 0.25) is 0 Å². The van der Waals surface area contributed by atoms with Crippen molar-refractivity contribution in [3.8, 4) is 0 Å². The highest BCUT2D eigenvalue weighted by molar-refractivity contribution is 5.82. The lowest BCUT2D eigenvalue weighted by Crippen LogP contribution is -2.36. The molecule has 2 aromatic rings. The topological polar surface area (TPSA) is 85.8 Å². The lowest BCUT2D eigenvalue weighted by atomic mass is 10.3. The van der Waals surface area contributed by atoms with Crippen molar-refractivity contribution in [1.29, 1.82) is 0 Å². The molecule has 2 rings (SSSR count). The van der Waals surface area contributed by atoms with Crippen LogP contribution < -0.4 is 11.3 Å². The second-order valence-electron chi connectivity index (χ2n) is 3.21. The van der Waals surface area contributed by atoms with Crippen LogP contribution in [0.25, 0.3) is 11.0 Å². The summed E-state index contributed by atoms with van der Waals surface area (Å²) >= 11 is 0. The van der Waals surface area contributed by atoms with Crippen LogP contribution in [0.2, 0.25) is 0 Å². The average molecular weight is 205 g/mol. The smallest absolute Gasteiger partial charge is 0.258 e. The molecule has 1 unspecified atom stereocenters. The van der Waals surface area contributed by atoms with Gasteiger partial charge in [0.25, 0.3) is 5.91 Å². The number of benzene rings is 1. The Bertz CT molecular complexity index is 492. The number of nitrogens with one attached hydrogen (secondary N) is 1. The van der Waals surface area contributed by atoms with E-state index in [4.69, 9.17) is 5.84 Å². The van der Waals surface area contributed by atoms with Crippen LogP contribution in [0, 0.1) is 0 Å². The van der Waals surface area contributed by atoms with E-state index in [9.17, 15) is 4.79 Å².